The number of morpholine rings is 1. The summed E-state index contributed by atoms with van der Waals surface area (Å²) in [5.41, 5.74) is 5.83. The number of ether oxygens (including phenoxy) is 1. The van der Waals surface area contributed by atoms with Crippen molar-refractivity contribution in [2.45, 2.75) is 25.8 Å². The van der Waals surface area contributed by atoms with Gasteiger partial charge < -0.3 is 20.3 Å². The van der Waals surface area contributed by atoms with Gasteiger partial charge in [-0.1, -0.05) is 0 Å². The minimum Gasteiger partial charge on any atom is -0.377 e. The molecule has 1 aromatic rings. The van der Waals surface area contributed by atoms with Crippen LogP contribution in [0.2, 0.25) is 0 Å². The molecule has 0 saturated carbocycles. The molecule has 0 spiro atoms. The minimum atomic E-state index is 0.266. The molecule has 2 aliphatic rings. The lowest BCUT2D eigenvalue weighted by molar-refractivity contribution is 0.0981. The molecule has 0 radical (unpaired) electrons. The number of aromatic nitrogens is 3. The van der Waals surface area contributed by atoms with Gasteiger partial charge in [-0.25, -0.2) is 0 Å². The van der Waals surface area contributed by atoms with E-state index >= 15 is 0 Å². The maximum atomic E-state index is 5.83. The summed E-state index contributed by atoms with van der Waals surface area (Å²) in [4.78, 5) is 17.4. The van der Waals surface area contributed by atoms with Crippen LogP contribution in [-0.4, -0.2) is 53.8 Å². The van der Waals surface area contributed by atoms with Crippen LogP contribution in [0.5, 0.6) is 0 Å². The van der Waals surface area contributed by atoms with Crippen LogP contribution in [0, 0.1) is 0 Å². The van der Waals surface area contributed by atoms with E-state index in [4.69, 9.17) is 10.5 Å². The number of nitrogens with two attached hydrogens (primary N) is 1. The lowest BCUT2D eigenvalue weighted by Crippen LogP contribution is -2.45. The summed E-state index contributed by atoms with van der Waals surface area (Å²) in [6.07, 6.45) is 2.38. The number of rotatable bonds is 2. The predicted octanol–water partition coefficient (Wildman–Crippen LogP) is 0.279. The Bertz CT molecular complexity index is 448. The molecule has 2 fully saturated rings. The molecule has 2 saturated heterocycles. The van der Waals surface area contributed by atoms with Gasteiger partial charge in [-0.05, 0) is 19.8 Å². The van der Waals surface area contributed by atoms with Crippen LogP contribution >= 0.6 is 0 Å². The van der Waals surface area contributed by atoms with Gasteiger partial charge in [-0.3, -0.25) is 0 Å². The molecule has 3 rings (SSSR count). The Morgan fingerprint density at radius 2 is 1.84 bits per heavy atom. The zero-order valence-electron chi connectivity index (χ0n) is 11.2. The highest BCUT2D eigenvalue weighted by Gasteiger charge is 2.24. The standard InChI is InChI=1S/C12H20N6O/c1-9-8-19-7-6-18(9)12-15-10(13)14-11(16-12)17-4-2-3-5-17/h9H,2-8H2,1H3,(H2,13,14,15,16). The highest BCUT2D eigenvalue weighted by atomic mass is 16.5. The van der Waals surface area contributed by atoms with Crippen molar-refractivity contribution in [3.8, 4) is 0 Å². The molecule has 1 aromatic heterocycles. The molecule has 0 aromatic carbocycles. The van der Waals surface area contributed by atoms with Crippen molar-refractivity contribution >= 4 is 17.8 Å². The molecule has 0 aliphatic carbocycles. The first-order chi connectivity index (χ1) is 9.24. The highest BCUT2D eigenvalue weighted by Crippen LogP contribution is 2.21. The first-order valence-corrected chi connectivity index (χ1v) is 6.85. The second-order valence-corrected chi connectivity index (χ2v) is 5.11. The molecule has 7 heteroatoms. The van der Waals surface area contributed by atoms with Gasteiger partial charge in [-0.2, -0.15) is 15.0 Å². The first-order valence-electron chi connectivity index (χ1n) is 6.85. The third-order valence-electron chi connectivity index (χ3n) is 3.64. The van der Waals surface area contributed by atoms with Crippen LogP contribution in [0.25, 0.3) is 0 Å². The molecular formula is C12H20N6O. The fourth-order valence-corrected chi connectivity index (χ4v) is 2.58. The Labute approximate surface area is 112 Å². The van der Waals surface area contributed by atoms with Crippen LogP contribution in [0.15, 0.2) is 0 Å². The normalized spacial score (nSPS) is 23.9. The Morgan fingerprint density at radius 1 is 1.11 bits per heavy atom. The van der Waals surface area contributed by atoms with E-state index in [1.165, 1.54) is 12.8 Å². The predicted molar refractivity (Wildman–Crippen MR) is 73.3 cm³/mol. The molecular weight excluding hydrogens is 244 g/mol. The molecule has 2 N–H and O–H groups in total. The maximum absolute atomic E-state index is 5.83. The molecule has 104 valence electrons. The third-order valence-corrected chi connectivity index (χ3v) is 3.64. The van der Waals surface area contributed by atoms with Crippen LogP contribution in [0.4, 0.5) is 17.8 Å². The molecule has 0 amide bonds. The molecule has 7 nitrogen and oxygen atoms in total. The van der Waals surface area contributed by atoms with E-state index in [2.05, 4.69) is 31.7 Å². The number of hydrogen-bond acceptors (Lipinski definition) is 7. The molecule has 0 bridgehead atoms. The van der Waals surface area contributed by atoms with Crippen molar-refractivity contribution in [3.63, 3.8) is 0 Å². The van der Waals surface area contributed by atoms with Gasteiger partial charge in [0.2, 0.25) is 17.8 Å². The van der Waals surface area contributed by atoms with E-state index in [0.29, 0.717) is 31.1 Å². The van der Waals surface area contributed by atoms with Gasteiger partial charge in [0, 0.05) is 19.6 Å². The van der Waals surface area contributed by atoms with Gasteiger partial charge in [0.1, 0.15) is 0 Å². The highest BCUT2D eigenvalue weighted by molar-refractivity contribution is 5.44. The quantitative estimate of drug-likeness (QED) is 0.821. The van der Waals surface area contributed by atoms with Crippen molar-refractivity contribution < 1.29 is 4.74 Å². The van der Waals surface area contributed by atoms with Crippen LogP contribution < -0.4 is 15.5 Å². The van der Waals surface area contributed by atoms with Crippen LogP contribution in [0.3, 0.4) is 0 Å². The minimum absolute atomic E-state index is 0.266. The molecule has 1 unspecified atom stereocenters. The summed E-state index contributed by atoms with van der Waals surface area (Å²) in [7, 11) is 0. The third kappa shape index (κ3) is 2.56. The molecule has 3 heterocycles. The average molecular weight is 264 g/mol. The summed E-state index contributed by atoms with van der Waals surface area (Å²) in [6.45, 7) is 6.31. The van der Waals surface area contributed by atoms with Gasteiger partial charge in [0.05, 0.1) is 19.3 Å². The van der Waals surface area contributed by atoms with Crippen molar-refractivity contribution in [1.82, 2.24) is 15.0 Å². The largest absolute Gasteiger partial charge is 0.377 e. The van der Waals surface area contributed by atoms with Crippen molar-refractivity contribution in [2.24, 2.45) is 0 Å². The van der Waals surface area contributed by atoms with E-state index in [1.807, 2.05) is 0 Å². The molecule has 2 aliphatic heterocycles. The Morgan fingerprint density at radius 3 is 2.58 bits per heavy atom. The zero-order valence-corrected chi connectivity index (χ0v) is 11.2. The summed E-state index contributed by atoms with van der Waals surface area (Å²) in [5, 5.41) is 0. The van der Waals surface area contributed by atoms with Crippen LogP contribution in [0.1, 0.15) is 19.8 Å². The number of nitrogen functional groups attached to an aromatic ring is 1. The van der Waals surface area contributed by atoms with E-state index in [1.54, 1.807) is 0 Å². The monoisotopic (exact) mass is 264 g/mol. The van der Waals surface area contributed by atoms with E-state index in [0.717, 1.165) is 19.6 Å². The summed E-state index contributed by atoms with van der Waals surface area (Å²) in [6, 6.07) is 0.266. The first kappa shape index (κ1) is 12.4. The average Bonchev–Trinajstić information content (AvgIpc) is 2.92. The Hall–Kier alpha value is -1.63. The second kappa shape index (κ2) is 5.16. The fraction of sp³-hybridized carbons (Fsp3) is 0.750. The smallest absolute Gasteiger partial charge is 0.232 e. The van der Waals surface area contributed by atoms with E-state index < -0.39 is 0 Å². The molecule has 1 atom stereocenters. The molecule has 19 heavy (non-hydrogen) atoms. The Balaban J connectivity index is 1.88. The number of anilines is 3. The van der Waals surface area contributed by atoms with Crippen LogP contribution in [-0.2, 0) is 4.74 Å². The zero-order chi connectivity index (χ0) is 13.2. The topological polar surface area (TPSA) is 80.4 Å². The number of hydrogen-bond donors (Lipinski definition) is 1. The maximum Gasteiger partial charge on any atom is 0.232 e. The Kier molecular flexibility index (Phi) is 3.37. The van der Waals surface area contributed by atoms with Crippen molar-refractivity contribution in [2.75, 3.05) is 48.4 Å². The lowest BCUT2D eigenvalue weighted by Gasteiger charge is -2.33. The van der Waals surface area contributed by atoms with E-state index in [9.17, 15) is 0 Å². The fourth-order valence-electron chi connectivity index (χ4n) is 2.58. The summed E-state index contributed by atoms with van der Waals surface area (Å²) in [5.74, 6) is 1.68. The van der Waals surface area contributed by atoms with Crippen molar-refractivity contribution in [1.29, 1.82) is 0 Å². The van der Waals surface area contributed by atoms with E-state index in [-0.39, 0.29) is 6.04 Å². The van der Waals surface area contributed by atoms with Gasteiger partial charge in [0.15, 0.2) is 0 Å². The van der Waals surface area contributed by atoms with Gasteiger partial charge in [-0.15, -0.1) is 0 Å². The second-order valence-electron chi connectivity index (χ2n) is 5.11. The van der Waals surface area contributed by atoms with Crippen molar-refractivity contribution in [3.05, 3.63) is 0 Å². The summed E-state index contributed by atoms with van der Waals surface area (Å²) >= 11 is 0. The SMILES string of the molecule is CC1COCCN1c1nc(N)nc(N2CCCC2)n1. The van der Waals surface area contributed by atoms with Gasteiger partial charge >= 0.3 is 0 Å². The van der Waals surface area contributed by atoms with Gasteiger partial charge in [0.25, 0.3) is 0 Å². The summed E-state index contributed by atoms with van der Waals surface area (Å²) < 4.78 is 5.44. The number of nitrogens with zero attached hydrogens (tertiary/aromatic N) is 5. The lowest BCUT2D eigenvalue weighted by atomic mass is 10.3.